The number of rotatable bonds is 9. The third kappa shape index (κ3) is 5.48. The molecule has 8 heteroatoms. The molecule has 0 aliphatic carbocycles. The number of benzene rings is 2. The summed E-state index contributed by atoms with van der Waals surface area (Å²) < 4.78 is 11.1. The monoisotopic (exact) mass is 417 g/mol. The van der Waals surface area contributed by atoms with E-state index < -0.39 is 5.56 Å². The Labute approximate surface area is 180 Å². The lowest BCUT2D eigenvalue weighted by Crippen LogP contribution is -2.16. The van der Waals surface area contributed by atoms with Gasteiger partial charge in [-0.15, -0.1) is 0 Å². The van der Waals surface area contributed by atoms with Crippen LogP contribution in [0.15, 0.2) is 58.4 Å². The average Bonchev–Trinajstić information content (AvgIpc) is 2.80. The lowest BCUT2D eigenvalue weighted by Gasteiger charge is -2.10. The highest BCUT2D eigenvalue weighted by atomic mass is 16.5. The predicted molar refractivity (Wildman–Crippen MR) is 120 cm³/mol. The summed E-state index contributed by atoms with van der Waals surface area (Å²) in [6.45, 7) is 2.73. The first-order valence-electron chi connectivity index (χ1n) is 9.86. The van der Waals surface area contributed by atoms with Gasteiger partial charge in [-0.2, -0.15) is 10.4 Å². The molecule has 1 heterocycles. The third-order valence-electron chi connectivity index (χ3n) is 4.41. The molecule has 2 aromatic carbocycles. The number of hydrogen-bond acceptors (Lipinski definition) is 7. The van der Waals surface area contributed by atoms with E-state index in [4.69, 9.17) is 9.47 Å². The van der Waals surface area contributed by atoms with Gasteiger partial charge in [-0.05, 0) is 30.2 Å². The highest BCUT2D eigenvalue weighted by molar-refractivity contribution is 5.81. The Kier molecular flexibility index (Phi) is 7.38. The lowest BCUT2D eigenvalue weighted by atomic mass is 10.1. The van der Waals surface area contributed by atoms with Crippen LogP contribution in [0.25, 0.3) is 11.3 Å². The maximum absolute atomic E-state index is 12.3. The zero-order valence-electron chi connectivity index (χ0n) is 17.4. The summed E-state index contributed by atoms with van der Waals surface area (Å²) >= 11 is 0. The van der Waals surface area contributed by atoms with E-state index in [-0.39, 0.29) is 11.5 Å². The zero-order valence-corrected chi connectivity index (χ0v) is 17.4. The minimum atomic E-state index is -0.538. The molecule has 0 bridgehead atoms. The quantitative estimate of drug-likeness (QED) is 0.310. The van der Waals surface area contributed by atoms with Crippen LogP contribution in [0.2, 0.25) is 0 Å². The molecule has 0 radical (unpaired) electrons. The van der Waals surface area contributed by atoms with E-state index in [0.717, 1.165) is 18.4 Å². The summed E-state index contributed by atoms with van der Waals surface area (Å²) in [7, 11) is 1.58. The fraction of sp³-hybridized carbons (Fsp3) is 0.217. The molecular weight excluding hydrogens is 394 g/mol. The summed E-state index contributed by atoms with van der Waals surface area (Å²) in [5.74, 6) is 1.41. The van der Waals surface area contributed by atoms with Gasteiger partial charge in [0, 0.05) is 5.56 Å². The van der Waals surface area contributed by atoms with E-state index >= 15 is 0 Å². The number of unbranched alkanes of at least 4 members (excludes halogenated alkanes) is 1. The topological polar surface area (TPSA) is 112 Å². The van der Waals surface area contributed by atoms with Crippen LogP contribution in [0.4, 0.5) is 5.95 Å². The second-order valence-corrected chi connectivity index (χ2v) is 6.60. The van der Waals surface area contributed by atoms with E-state index in [9.17, 15) is 10.1 Å². The van der Waals surface area contributed by atoms with Crippen molar-refractivity contribution < 1.29 is 9.47 Å². The molecule has 3 rings (SSSR count). The maximum Gasteiger partial charge on any atom is 0.270 e. The average molecular weight is 417 g/mol. The second kappa shape index (κ2) is 10.6. The SMILES string of the molecule is CCCCOc1ccc(C=NNc2nc(-c3ccccc3)c(C#N)c(=O)[nH]2)cc1OC. The van der Waals surface area contributed by atoms with Crippen LogP contribution in [0.1, 0.15) is 30.9 Å². The standard InChI is InChI=1S/C23H23N5O3/c1-3-4-12-31-19-11-10-16(13-20(19)30-2)15-25-28-23-26-21(17-8-6-5-7-9-17)18(14-24)22(29)27-23/h5-11,13,15H,3-4,12H2,1-2H3,(H2,26,27,28,29). The molecule has 8 nitrogen and oxygen atoms in total. The van der Waals surface area contributed by atoms with Gasteiger partial charge in [-0.25, -0.2) is 10.4 Å². The Morgan fingerprint density at radius 3 is 2.74 bits per heavy atom. The number of hydrazone groups is 1. The Morgan fingerprint density at radius 2 is 2.03 bits per heavy atom. The van der Waals surface area contributed by atoms with Crippen LogP contribution < -0.4 is 20.5 Å². The molecule has 0 unspecified atom stereocenters. The number of H-pyrrole nitrogens is 1. The Hall–Kier alpha value is -4.12. The number of ether oxygens (including phenoxy) is 2. The Balaban J connectivity index is 1.79. The van der Waals surface area contributed by atoms with Crippen molar-refractivity contribution in [3.8, 4) is 28.8 Å². The van der Waals surface area contributed by atoms with E-state index in [0.29, 0.717) is 29.4 Å². The molecule has 0 aliphatic heterocycles. The van der Waals surface area contributed by atoms with Crippen molar-refractivity contribution in [2.45, 2.75) is 19.8 Å². The molecule has 0 atom stereocenters. The summed E-state index contributed by atoms with van der Waals surface area (Å²) in [6.07, 6.45) is 3.59. The molecule has 0 spiro atoms. The number of nitriles is 1. The van der Waals surface area contributed by atoms with Crippen LogP contribution in [0, 0.1) is 11.3 Å². The van der Waals surface area contributed by atoms with Gasteiger partial charge in [0.25, 0.3) is 5.56 Å². The minimum absolute atomic E-state index is 0.0517. The van der Waals surface area contributed by atoms with Crippen LogP contribution in [-0.2, 0) is 0 Å². The molecule has 31 heavy (non-hydrogen) atoms. The summed E-state index contributed by atoms with van der Waals surface area (Å²) in [5, 5.41) is 13.5. The van der Waals surface area contributed by atoms with Gasteiger partial charge in [0.1, 0.15) is 11.6 Å². The number of nitrogens with zero attached hydrogens (tertiary/aromatic N) is 3. The van der Waals surface area contributed by atoms with E-state index in [1.54, 1.807) is 31.5 Å². The molecule has 0 amide bonds. The number of anilines is 1. The molecule has 0 aliphatic rings. The molecule has 0 fully saturated rings. The Morgan fingerprint density at radius 1 is 1.23 bits per heavy atom. The van der Waals surface area contributed by atoms with Gasteiger partial charge in [-0.3, -0.25) is 9.78 Å². The van der Waals surface area contributed by atoms with Crippen molar-refractivity contribution in [1.29, 1.82) is 5.26 Å². The number of aromatic amines is 1. The molecule has 0 saturated heterocycles. The zero-order chi connectivity index (χ0) is 22.1. The maximum atomic E-state index is 12.3. The molecule has 3 aromatic rings. The van der Waals surface area contributed by atoms with Crippen molar-refractivity contribution in [3.63, 3.8) is 0 Å². The van der Waals surface area contributed by atoms with Crippen molar-refractivity contribution in [2.24, 2.45) is 5.10 Å². The molecular formula is C23H23N5O3. The molecule has 2 N–H and O–H groups in total. The van der Waals surface area contributed by atoms with Gasteiger partial charge in [0.15, 0.2) is 11.5 Å². The largest absolute Gasteiger partial charge is 0.493 e. The van der Waals surface area contributed by atoms with E-state index in [1.165, 1.54) is 0 Å². The number of methoxy groups -OCH3 is 1. The number of nitrogens with one attached hydrogen (secondary N) is 2. The van der Waals surface area contributed by atoms with Gasteiger partial charge in [-0.1, -0.05) is 43.7 Å². The first-order chi connectivity index (χ1) is 15.2. The van der Waals surface area contributed by atoms with Gasteiger partial charge < -0.3 is 9.47 Å². The molecule has 0 saturated carbocycles. The summed E-state index contributed by atoms with van der Waals surface area (Å²) in [6, 6.07) is 16.4. The second-order valence-electron chi connectivity index (χ2n) is 6.60. The van der Waals surface area contributed by atoms with Gasteiger partial charge >= 0.3 is 0 Å². The highest BCUT2D eigenvalue weighted by Gasteiger charge is 2.13. The van der Waals surface area contributed by atoms with Crippen molar-refractivity contribution in [1.82, 2.24) is 9.97 Å². The van der Waals surface area contributed by atoms with Crippen LogP contribution in [-0.4, -0.2) is 29.9 Å². The van der Waals surface area contributed by atoms with Crippen molar-refractivity contribution in [2.75, 3.05) is 19.1 Å². The van der Waals surface area contributed by atoms with Crippen LogP contribution in [0.3, 0.4) is 0 Å². The first-order valence-corrected chi connectivity index (χ1v) is 9.86. The predicted octanol–water partition coefficient (Wildman–Crippen LogP) is 3.94. The molecule has 1 aromatic heterocycles. The fourth-order valence-electron chi connectivity index (χ4n) is 2.81. The Bertz CT molecular complexity index is 1150. The van der Waals surface area contributed by atoms with Gasteiger partial charge in [0.05, 0.1) is 25.6 Å². The van der Waals surface area contributed by atoms with Gasteiger partial charge in [0.2, 0.25) is 5.95 Å². The summed E-state index contributed by atoms with van der Waals surface area (Å²) in [4.78, 5) is 19.2. The fourth-order valence-corrected chi connectivity index (χ4v) is 2.81. The smallest absolute Gasteiger partial charge is 0.270 e. The minimum Gasteiger partial charge on any atom is -0.493 e. The van der Waals surface area contributed by atoms with E-state index in [2.05, 4.69) is 27.4 Å². The molecule has 158 valence electrons. The number of hydrogen-bond donors (Lipinski definition) is 2. The van der Waals surface area contributed by atoms with Crippen LogP contribution >= 0.6 is 0 Å². The number of aromatic nitrogens is 2. The van der Waals surface area contributed by atoms with Crippen molar-refractivity contribution >= 4 is 12.2 Å². The van der Waals surface area contributed by atoms with E-state index in [1.807, 2.05) is 36.4 Å². The third-order valence-corrected chi connectivity index (χ3v) is 4.41. The normalized spacial score (nSPS) is 10.6. The summed E-state index contributed by atoms with van der Waals surface area (Å²) in [5.41, 5.74) is 3.85. The van der Waals surface area contributed by atoms with Crippen LogP contribution in [0.5, 0.6) is 11.5 Å². The lowest BCUT2D eigenvalue weighted by molar-refractivity contribution is 0.288. The first kappa shape index (κ1) is 21.6. The van der Waals surface area contributed by atoms with Crippen molar-refractivity contribution in [3.05, 3.63) is 70.0 Å². The highest BCUT2D eigenvalue weighted by Crippen LogP contribution is 2.27.